The second-order valence-electron chi connectivity index (χ2n) is 5.45. The van der Waals surface area contributed by atoms with Gasteiger partial charge in [0.2, 0.25) is 0 Å². The summed E-state index contributed by atoms with van der Waals surface area (Å²) in [5, 5.41) is 4.20. The van der Waals surface area contributed by atoms with Crippen LogP contribution >= 0.6 is 15.9 Å². The van der Waals surface area contributed by atoms with Crippen molar-refractivity contribution in [3.05, 3.63) is 40.4 Å². The molecule has 1 atom stereocenters. The van der Waals surface area contributed by atoms with Gasteiger partial charge in [0.1, 0.15) is 18.7 Å². The highest BCUT2D eigenvalue weighted by atomic mass is 79.9. The Kier molecular flexibility index (Phi) is 5.36. The maximum Gasteiger partial charge on any atom is 0.165 e. The van der Waals surface area contributed by atoms with Crippen LogP contribution < -0.4 is 10.5 Å². The largest absolute Gasteiger partial charge is 0.484 e. The van der Waals surface area contributed by atoms with E-state index in [2.05, 4.69) is 39.9 Å². The summed E-state index contributed by atoms with van der Waals surface area (Å²) in [5.41, 5.74) is 7.01. The molecule has 21 heavy (non-hydrogen) atoms. The third-order valence-corrected chi connectivity index (χ3v) is 3.67. The zero-order valence-electron chi connectivity index (χ0n) is 12.6. The summed E-state index contributed by atoms with van der Waals surface area (Å²) < 4.78 is 8.62. The van der Waals surface area contributed by atoms with Crippen molar-refractivity contribution in [3.8, 4) is 5.75 Å². The van der Waals surface area contributed by atoms with Crippen LogP contribution in [0.4, 0.5) is 0 Å². The summed E-state index contributed by atoms with van der Waals surface area (Å²) in [7, 11) is 0. The van der Waals surface area contributed by atoms with Crippen LogP contribution in [0.25, 0.3) is 0 Å². The van der Waals surface area contributed by atoms with Crippen LogP contribution in [0.2, 0.25) is 0 Å². The fourth-order valence-corrected chi connectivity index (χ4v) is 2.65. The van der Waals surface area contributed by atoms with E-state index in [-0.39, 0.29) is 12.1 Å². The van der Waals surface area contributed by atoms with E-state index in [0.29, 0.717) is 6.61 Å². The van der Waals surface area contributed by atoms with Crippen molar-refractivity contribution < 1.29 is 4.74 Å². The molecule has 0 saturated carbocycles. The van der Waals surface area contributed by atoms with Crippen molar-refractivity contribution in [2.45, 2.75) is 45.9 Å². The van der Waals surface area contributed by atoms with Gasteiger partial charge in [-0.1, -0.05) is 6.07 Å². The second kappa shape index (κ2) is 7.04. The van der Waals surface area contributed by atoms with Crippen LogP contribution in [-0.2, 0) is 13.0 Å². The Balaban J connectivity index is 2.05. The number of hydrogen-bond donors (Lipinski definition) is 1. The molecular formula is C15H21BrN4O. The van der Waals surface area contributed by atoms with Crippen LogP contribution in [0.3, 0.4) is 0 Å². The number of hydrogen-bond acceptors (Lipinski definition) is 4. The third kappa shape index (κ3) is 4.28. The van der Waals surface area contributed by atoms with E-state index in [1.54, 1.807) is 6.33 Å². The predicted octanol–water partition coefficient (Wildman–Crippen LogP) is 3.09. The van der Waals surface area contributed by atoms with Gasteiger partial charge in [0.25, 0.3) is 0 Å². The van der Waals surface area contributed by atoms with Crippen LogP contribution in [0.5, 0.6) is 5.75 Å². The summed E-state index contributed by atoms with van der Waals surface area (Å²) >= 11 is 3.54. The minimum atomic E-state index is 0.147. The van der Waals surface area contributed by atoms with Gasteiger partial charge in [0.15, 0.2) is 5.82 Å². The van der Waals surface area contributed by atoms with E-state index in [9.17, 15) is 0 Å². The lowest BCUT2D eigenvalue weighted by atomic mass is 10.1. The molecule has 0 aliphatic heterocycles. The van der Waals surface area contributed by atoms with Gasteiger partial charge in [0.05, 0.1) is 4.47 Å². The lowest BCUT2D eigenvalue weighted by Gasteiger charge is -2.12. The van der Waals surface area contributed by atoms with Gasteiger partial charge in [-0.05, 0) is 60.8 Å². The minimum absolute atomic E-state index is 0.147. The smallest absolute Gasteiger partial charge is 0.165 e. The van der Waals surface area contributed by atoms with E-state index in [4.69, 9.17) is 10.5 Å². The summed E-state index contributed by atoms with van der Waals surface area (Å²) in [6, 6.07) is 6.46. The van der Waals surface area contributed by atoms with Crippen molar-refractivity contribution in [2.75, 3.05) is 0 Å². The highest BCUT2D eigenvalue weighted by molar-refractivity contribution is 9.10. The Hall–Kier alpha value is -1.40. The Labute approximate surface area is 133 Å². The van der Waals surface area contributed by atoms with Crippen molar-refractivity contribution in [2.24, 2.45) is 5.73 Å². The lowest BCUT2D eigenvalue weighted by Crippen LogP contribution is -2.17. The van der Waals surface area contributed by atoms with Crippen molar-refractivity contribution >= 4 is 15.9 Å². The first-order chi connectivity index (χ1) is 9.97. The molecule has 1 heterocycles. The number of benzene rings is 1. The molecule has 2 rings (SSSR count). The van der Waals surface area contributed by atoms with Crippen LogP contribution in [0, 0.1) is 0 Å². The highest BCUT2D eigenvalue weighted by Crippen LogP contribution is 2.27. The summed E-state index contributed by atoms with van der Waals surface area (Å²) in [6.07, 6.45) is 2.40. The van der Waals surface area contributed by atoms with E-state index < -0.39 is 0 Å². The Morgan fingerprint density at radius 3 is 2.71 bits per heavy atom. The first kappa shape index (κ1) is 16.0. The quantitative estimate of drug-likeness (QED) is 0.867. The predicted molar refractivity (Wildman–Crippen MR) is 86.2 cm³/mol. The molecule has 0 spiro atoms. The first-order valence-corrected chi connectivity index (χ1v) is 7.82. The number of nitrogens with two attached hydrogens (primary N) is 1. The van der Waals surface area contributed by atoms with Crippen LogP contribution in [0.15, 0.2) is 29.0 Å². The first-order valence-electron chi connectivity index (χ1n) is 7.02. The average molecular weight is 353 g/mol. The van der Waals surface area contributed by atoms with Gasteiger partial charge in [0, 0.05) is 12.1 Å². The standard InChI is InChI=1S/C15H21BrN4O/c1-10(2)20-15(18-9-19-20)8-21-14-5-4-12(6-11(3)17)7-13(14)16/h4-5,7,9-11H,6,8,17H2,1-3H3. The maximum absolute atomic E-state index is 5.83. The molecule has 0 radical (unpaired) electrons. The average Bonchev–Trinajstić information content (AvgIpc) is 2.85. The van der Waals surface area contributed by atoms with Gasteiger partial charge in [-0.3, -0.25) is 0 Å². The van der Waals surface area contributed by atoms with E-state index >= 15 is 0 Å². The van der Waals surface area contributed by atoms with Crippen LogP contribution in [-0.4, -0.2) is 20.8 Å². The molecular weight excluding hydrogens is 332 g/mol. The van der Waals surface area contributed by atoms with E-state index in [1.165, 1.54) is 5.56 Å². The summed E-state index contributed by atoms with van der Waals surface area (Å²) in [6.45, 7) is 6.52. The summed E-state index contributed by atoms with van der Waals surface area (Å²) in [4.78, 5) is 4.23. The van der Waals surface area contributed by atoms with Crippen molar-refractivity contribution in [1.29, 1.82) is 0 Å². The second-order valence-corrected chi connectivity index (χ2v) is 6.30. The molecule has 114 valence electrons. The fourth-order valence-electron chi connectivity index (χ4n) is 2.11. The Morgan fingerprint density at radius 2 is 2.10 bits per heavy atom. The molecule has 0 amide bonds. The molecule has 0 fully saturated rings. The molecule has 6 heteroatoms. The van der Waals surface area contributed by atoms with Crippen molar-refractivity contribution in [3.63, 3.8) is 0 Å². The fraction of sp³-hybridized carbons (Fsp3) is 0.467. The monoisotopic (exact) mass is 352 g/mol. The molecule has 0 aliphatic carbocycles. The van der Waals surface area contributed by atoms with Gasteiger partial charge in [-0.15, -0.1) is 0 Å². The van der Waals surface area contributed by atoms with Gasteiger partial charge in [-0.25, -0.2) is 9.67 Å². The Bertz CT molecular complexity index is 595. The zero-order valence-corrected chi connectivity index (χ0v) is 14.2. The molecule has 0 aliphatic rings. The molecule has 2 aromatic rings. The molecule has 1 unspecified atom stereocenters. The van der Waals surface area contributed by atoms with Gasteiger partial charge >= 0.3 is 0 Å². The van der Waals surface area contributed by atoms with Gasteiger partial charge in [-0.2, -0.15) is 5.10 Å². The number of aromatic nitrogens is 3. The van der Waals surface area contributed by atoms with E-state index in [0.717, 1.165) is 22.5 Å². The molecule has 0 bridgehead atoms. The van der Waals surface area contributed by atoms with Gasteiger partial charge < -0.3 is 10.5 Å². The Morgan fingerprint density at radius 1 is 1.33 bits per heavy atom. The number of ether oxygens (including phenoxy) is 1. The molecule has 1 aromatic carbocycles. The molecule has 1 aromatic heterocycles. The lowest BCUT2D eigenvalue weighted by molar-refractivity contribution is 0.280. The molecule has 2 N–H and O–H groups in total. The number of rotatable bonds is 6. The van der Waals surface area contributed by atoms with Crippen molar-refractivity contribution in [1.82, 2.24) is 14.8 Å². The topological polar surface area (TPSA) is 66.0 Å². The van der Waals surface area contributed by atoms with E-state index in [1.807, 2.05) is 29.8 Å². The third-order valence-electron chi connectivity index (χ3n) is 3.05. The summed E-state index contributed by atoms with van der Waals surface area (Å²) in [5.74, 6) is 1.61. The number of nitrogens with zero attached hydrogens (tertiary/aromatic N) is 3. The number of halogens is 1. The van der Waals surface area contributed by atoms with Crippen LogP contribution in [0.1, 0.15) is 38.2 Å². The SMILES string of the molecule is CC(N)Cc1ccc(OCc2ncnn2C(C)C)c(Br)c1. The normalized spacial score (nSPS) is 12.7. The molecule has 5 nitrogen and oxygen atoms in total. The highest BCUT2D eigenvalue weighted by Gasteiger charge is 2.10. The maximum atomic E-state index is 5.83. The zero-order chi connectivity index (χ0) is 15.4. The molecule has 0 saturated heterocycles. The minimum Gasteiger partial charge on any atom is -0.484 e.